The van der Waals surface area contributed by atoms with Crippen molar-refractivity contribution in [2.75, 3.05) is 4.90 Å². The minimum absolute atomic E-state index is 0.299. The van der Waals surface area contributed by atoms with Gasteiger partial charge in [0.15, 0.2) is 0 Å². The van der Waals surface area contributed by atoms with Gasteiger partial charge in [-0.2, -0.15) is 0 Å². The SMILES string of the molecule is CC1(C)c2ccccc2C2(c3ccccc3-n3c4ccccc4c4cccc2c43)c2cccc(-c3ccc(N(c4ccc(-c5ccccc5)cc4)c4ccc(-c5ccccc5)cc4)cc3)c21. The van der Waals surface area contributed by atoms with Crippen LogP contribution in [0.4, 0.5) is 17.1 Å². The number of rotatable bonds is 6. The first-order chi connectivity index (χ1) is 32.5. The van der Waals surface area contributed by atoms with Crippen LogP contribution in [0, 0.1) is 0 Å². The molecule has 1 atom stereocenters. The average molecular weight is 843 g/mol. The smallest absolute Gasteiger partial charge is 0.0748 e. The lowest BCUT2D eigenvalue weighted by atomic mass is 9.52. The van der Waals surface area contributed by atoms with E-state index < -0.39 is 5.41 Å². The molecule has 1 aliphatic heterocycles. The summed E-state index contributed by atoms with van der Waals surface area (Å²) in [5, 5.41) is 2.58. The molecule has 1 aromatic heterocycles. The van der Waals surface area contributed by atoms with E-state index in [4.69, 9.17) is 0 Å². The maximum absolute atomic E-state index is 2.53. The maximum atomic E-state index is 2.53. The lowest BCUT2D eigenvalue weighted by molar-refractivity contribution is 0.558. The van der Waals surface area contributed by atoms with Crippen molar-refractivity contribution >= 4 is 38.9 Å². The Morgan fingerprint density at radius 3 is 1.42 bits per heavy atom. The predicted molar refractivity (Wildman–Crippen MR) is 276 cm³/mol. The molecule has 66 heavy (non-hydrogen) atoms. The monoisotopic (exact) mass is 842 g/mol. The van der Waals surface area contributed by atoms with Crippen LogP contribution in [-0.2, 0) is 10.8 Å². The molecule has 2 heterocycles. The number of fused-ring (bicyclic) bond motifs is 11. The van der Waals surface area contributed by atoms with Gasteiger partial charge in [-0.3, -0.25) is 0 Å². The fraction of sp³-hybridized carbons (Fsp3) is 0.0625. The van der Waals surface area contributed by atoms with Gasteiger partial charge in [0.25, 0.3) is 0 Å². The normalized spacial score (nSPS) is 15.3. The van der Waals surface area contributed by atoms with E-state index >= 15 is 0 Å². The molecule has 2 nitrogen and oxygen atoms in total. The van der Waals surface area contributed by atoms with Crippen LogP contribution in [-0.4, -0.2) is 4.57 Å². The molecule has 2 heteroatoms. The molecule has 1 spiro atoms. The fourth-order valence-corrected chi connectivity index (χ4v) is 11.8. The van der Waals surface area contributed by atoms with E-state index in [9.17, 15) is 0 Å². The molecule has 11 aromatic rings. The summed E-state index contributed by atoms with van der Waals surface area (Å²) < 4.78 is 2.53. The lowest BCUT2D eigenvalue weighted by Gasteiger charge is -2.50. The lowest BCUT2D eigenvalue weighted by Crippen LogP contribution is -2.44. The zero-order valence-corrected chi connectivity index (χ0v) is 37.0. The van der Waals surface area contributed by atoms with Crippen molar-refractivity contribution in [1.82, 2.24) is 4.57 Å². The first-order valence-corrected chi connectivity index (χ1v) is 23.1. The van der Waals surface area contributed by atoms with Gasteiger partial charge in [0.05, 0.1) is 22.1 Å². The molecule has 1 aliphatic carbocycles. The summed E-state index contributed by atoms with van der Waals surface area (Å²) in [7, 11) is 0. The molecular formula is C64H46N2. The molecule has 13 rings (SSSR count). The Balaban J connectivity index is 0.995. The highest BCUT2D eigenvalue weighted by atomic mass is 15.1. The van der Waals surface area contributed by atoms with Gasteiger partial charge in [0, 0.05) is 33.2 Å². The molecule has 1 unspecified atom stereocenters. The second-order valence-electron chi connectivity index (χ2n) is 18.4. The maximum Gasteiger partial charge on any atom is 0.0748 e. The summed E-state index contributed by atoms with van der Waals surface area (Å²) in [5.74, 6) is 0. The molecule has 0 amide bonds. The van der Waals surface area contributed by atoms with Gasteiger partial charge in [-0.15, -0.1) is 0 Å². The predicted octanol–water partition coefficient (Wildman–Crippen LogP) is 16.6. The summed E-state index contributed by atoms with van der Waals surface area (Å²) in [5.41, 5.74) is 21.6. The molecule has 0 radical (unpaired) electrons. The highest BCUT2D eigenvalue weighted by Gasteiger charge is 2.53. The van der Waals surface area contributed by atoms with Crippen LogP contribution in [0.15, 0.2) is 243 Å². The number of nitrogens with zero attached hydrogens (tertiary/aromatic N) is 2. The second-order valence-corrected chi connectivity index (χ2v) is 18.4. The third-order valence-electron chi connectivity index (χ3n) is 14.6. The van der Waals surface area contributed by atoms with Gasteiger partial charge in [-0.25, -0.2) is 0 Å². The van der Waals surface area contributed by atoms with Crippen molar-refractivity contribution in [2.24, 2.45) is 0 Å². The Bertz CT molecular complexity index is 3550. The Morgan fingerprint density at radius 2 is 0.788 bits per heavy atom. The Hall–Kier alpha value is -8.20. The standard InChI is InChI=1S/C64H46N2/c1-63(2)54-24-10-11-25-55(54)64(56-26-12-14-30-60(56)66-59-29-13-9-21-52(59)53-23-16-28-58(64)62(53)66)57-27-15-22-51(61(57)63)47-35-41-50(42-36-47)65(48-37-31-45(32-38-48)43-17-5-3-6-18-43)49-39-33-46(34-40-49)44-19-7-4-8-20-44/h3-42H,1-2H3. The highest BCUT2D eigenvalue weighted by molar-refractivity contribution is 6.12. The third-order valence-corrected chi connectivity index (χ3v) is 14.6. The number of hydrogen-bond donors (Lipinski definition) is 0. The second kappa shape index (κ2) is 14.7. The van der Waals surface area contributed by atoms with E-state index in [1.54, 1.807) is 0 Å². The zero-order valence-electron chi connectivity index (χ0n) is 37.0. The van der Waals surface area contributed by atoms with E-state index in [1.807, 2.05) is 0 Å². The van der Waals surface area contributed by atoms with Gasteiger partial charge in [-0.1, -0.05) is 208 Å². The van der Waals surface area contributed by atoms with Crippen LogP contribution < -0.4 is 4.90 Å². The van der Waals surface area contributed by atoms with Crippen molar-refractivity contribution in [3.8, 4) is 39.1 Å². The minimum Gasteiger partial charge on any atom is -0.311 e. The Kier molecular flexibility index (Phi) is 8.51. The summed E-state index contributed by atoms with van der Waals surface area (Å²) in [4.78, 5) is 2.38. The molecule has 0 saturated carbocycles. The van der Waals surface area contributed by atoms with E-state index in [1.165, 1.54) is 94.3 Å². The Labute approximate surface area is 386 Å². The summed E-state index contributed by atoms with van der Waals surface area (Å²) in [6.07, 6.45) is 0. The van der Waals surface area contributed by atoms with Crippen LogP contribution in [0.2, 0.25) is 0 Å². The summed E-state index contributed by atoms with van der Waals surface area (Å²) in [6, 6.07) is 89.9. The van der Waals surface area contributed by atoms with Gasteiger partial charge in [0.2, 0.25) is 0 Å². The van der Waals surface area contributed by atoms with Crippen LogP contribution >= 0.6 is 0 Å². The molecule has 0 bridgehead atoms. The largest absolute Gasteiger partial charge is 0.311 e. The zero-order chi connectivity index (χ0) is 44.0. The first-order valence-electron chi connectivity index (χ1n) is 23.1. The topological polar surface area (TPSA) is 8.17 Å². The van der Waals surface area contributed by atoms with Crippen LogP contribution in [0.5, 0.6) is 0 Å². The number of aromatic nitrogens is 1. The quantitative estimate of drug-likeness (QED) is 0.162. The minimum atomic E-state index is -0.549. The number of anilines is 3. The van der Waals surface area contributed by atoms with Crippen molar-refractivity contribution < 1.29 is 0 Å². The van der Waals surface area contributed by atoms with E-state index in [0.29, 0.717) is 0 Å². The molecule has 10 aromatic carbocycles. The van der Waals surface area contributed by atoms with Crippen molar-refractivity contribution in [1.29, 1.82) is 0 Å². The number of benzene rings is 10. The summed E-state index contributed by atoms with van der Waals surface area (Å²) in [6.45, 7) is 4.86. The Morgan fingerprint density at radius 1 is 0.333 bits per heavy atom. The van der Waals surface area contributed by atoms with Crippen LogP contribution in [0.25, 0.3) is 60.9 Å². The van der Waals surface area contributed by atoms with E-state index in [2.05, 4.69) is 266 Å². The van der Waals surface area contributed by atoms with Gasteiger partial charge in [-0.05, 0) is 115 Å². The van der Waals surface area contributed by atoms with Gasteiger partial charge in [0.1, 0.15) is 0 Å². The van der Waals surface area contributed by atoms with Crippen LogP contribution in [0.1, 0.15) is 47.2 Å². The van der Waals surface area contributed by atoms with E-state index in [0.717, 1.165) is 17.1 Å². The van der Waals surface area contributed by atoms with Gasteiger partial charge >= 0.3 is 0 Å². The first kappa shape index (κ1) is 38.3. The van der Waals surface area contributed by atoms with Crippen LogP contribution in [0.3, 0.4) is 0 Å². The number of hydrogen-bond acceptors (Lipinski definition) is 1. The molecular weight excluding hydrogens is 797 g/mol. The fourth-order valence-electron chi connectivity index (χ4n) is 11.8. The summed E-state index contributed by atoms with van der Waals surface area (Å²) >= 11 is 0. The molecule has 0 N–H and O–H groups in total. The molecule has 0 fully saturated rings. The molecule has 2 aliphatic rings. The van der Waals surface area contributed by atoms with Crippen molar-refractivity contribution in [3.63, 3.8) is 0 Å². The third kappa shape index (κ3) is 5.48. The molecule has 312 valence electrons. The number of para-hydroxylation sites is 3. The van der Waals surface area contributed by atoms with Gasteiger partial charge < -0.3 is 9.47 Å². The average Bonchev–Trinajstić information content (AvgIpc) is 3.73. The van der Waals surface area contributed by atoms with E-state index in [-0.39, 0.29) is 5.41 Å². The van der Waals surface area contributed by atoms with Crippen molar-refractivity contribution in [2.45, 2.75) is 24.7 Å². The highest BCUT2D eigenvalue weighted by Crippen LogP contribution is 2.61. The van der Waals surface area contributed by atoms with Crippen molar-refractivity contribution in [3.05, 3.63) is 276 Å². The molecule has 0 saturated heterocycles.